The van der Waals surface area contributed by atoms with Crippen molar-refractivity contribution < 1.29 is 9.53 Å². The van der Waals surface area contributed by atoms with Crippen LogP contribution in [0.4, 0.5) is 5.82 Å². The Labute approximate surface area is 133 Å². The Kier molecular flexibility index (Phi) is 5.91. The summed E-state index contributed by atoms with van der Waals surface area (Å²) in [6, 6.07) is 3.97. The molecule has 0 unspecified atom stereocenters. The summed E-state index contributed by atoms with van der Waals surface area (Å²) in [6.07, 6.45) is 4.04. The van der Waals surface area contributed by atoms with E-state index >= 15 is 0 Å². The molecule has 0 radical (unpaired) electrons. The number of rotatable bonds is 6. The van der Waals surface area contributed by atoms with Crippen LogP contribution < -0.4 is 5.32 Å². The minimum absolute atomic E-state index is 0.0177. The third-order valence-electron chi connectivity index (χ3n) is 4.76. The summed E-state index contributed by atoms with van der Waals surface area (Å²) < 4.78 is 5.28. The van der Waals surface area contributed by atoms with Crippen molar-refractivity contribution in [3.63, 3.8) is 0 Å². The lowest BCUT2D eigenvalue weighted by molar-refractivity contribution is -0.118. The Morgan fingerprint density at radius 3 is 2.55 bits per heavy atom. The van der Waals surface area contributed by atoms with E-state index in [9.17, 15) is 4.79 Å². The lowest BCUT2D eigenvalue weighted by Crippen LogP contribution is -2.41. The van der Waals surface area contributed by atoms with E-state index in [0.717, 1.165) is 25.9 Å². The van der Waals surface area contributed by atoms with E-state index in [4.69, 9.17) is 4.74 Å². The number of carbonyl (C=O) groups is 1. The van der Waals surface area contributed by atoms with Crippen molar-refractivity contribution in [2.45, 2.75) is 39.0 Å². The topological polar surface area (TPSA) is 54.5 Å². The van der Waals surface area contributed by atoms with Crippen LogP contribution in [0.25, 0.3) is 0 Å². The highest BCUT2D eigenvalue weighted by molar-refractivity contribution is 5.91. The fraction of sp³-hybridized carbons (Fsp3) is 0.647. The largest absolute Gasteiger partial charge is 0.379 e. The van der Waals surface area contributed by atoms with Gasteiger partial charge >= 0.3 is 0 Å². The van der Waals surface area contributed by atoms with Gasteiger partial charge in [0.05, 0.1) is 19.8 Å². The van der Waals surface area contributed by atoms with Crippen LogP contribution >= 0.6 is 0 Å². The maximum absolute atomic E-state index is 12.0. The van der Waals surface area contributed by atoms with Crippen LogP contribution in [-0.2, 0) is 14.9 Å². The quantitative estimate of drug-likeness (QED) is 0.877. The fourth-order valence-electron chi connectivity index (χ4n) is 2.63. The van der Waals surface area contributed by atoms with Crippen molar-refractivity contribution in [1.29, 1.82) is 0 Å². The van der Waals surface area contributed by atoms with E-state index in [1.807, 2.05) is 12.3 Å². The number of carbonyl (C=O) groups excluding carboxylic acids is 1. The SMILES string of the molecule is CCC(C)(CC)c1ccc(NC(=O)CN2CCOCC2)nc1. The van der Waals surface area contributed by atoms with Crippen LogP contribution in [0.15, 0.2) is 18.3 Å². The molecular formula is C17H27N3O2. The number of nitrogens with zero attached hydrogens (tertiary/aromatic N) is 2. The van der Waals surface area contributed by atoms with E-state index in [-0.39, 0.29) is 11.3 Å². The predicted octanol–water partition coefficient (Wildman–Crippen LogP) is 2.43. The van der Waals surface area contributed by atoms with Crippen LogP contribution in [0.1, 0.15) is 39.2 Å². The van der Waals surface area contributed by atoms with E-state index in [1.165, 1.54) is 5.56 Å². The highest BCUT2D eigenvalue weighted by Gasteiger charge is 2.22. The number of anilines is 1. The molecule has 0 bridgehead atoms. The summed E-state index contributed by atoms with van der Waals surface area (Å²) in [4.78, 5) is 18.5. The lowest BCUT2D eigenvalue weighted by Gasteiger charge is -2.27. The predicted molar refractivity (Wildman–Crippen MR) is 88.1 cm³/mol. The van der Waals surface area contributed by atoms with Crippen LogP contribution in [0.5, 0.6) is 0 Å². The molecule has 1 saturated heterocycles. The van der Waals surface area contributed by atoms with Gasteiger partial charge in [-0.1, -0.05) is 26.8 Å². The van der Waals surface area contributed by atoms with E-state index < -0.39 is 0 Å². The third-order valence-corrected chi connectivity index (χ3v) is 4.76. The van der Waals surface area contributed by atoms with Crippen molar-refractivity contribution in [2.75, 3.05) is 38.2 Å². The summed E-state index contributed by atoms with van der Waals surface area (Å²) in [5, 5.41) is 2.87. The highest BCUT2D eigenvalue weighted by atomic mass is 16.5. The zero-order chi connectivity index (χ0) is 16.0. The zero-order valence-electron chi connectivity index (χ0n) is 13.9. The molecule has 0 aromatic carbocycles. The summed E-state index contributed by atoms with van der Waals surface area (Å²) in [7, 11) is 0. The van der Waals surface area contributed by atoms with Gasteiger partial charge < -0.3 is 10.1 Å². The molecule has 1 N–H and O–H groups in total. The molecule has 122 valence electrons. The molecule has 0 atom stereocenters. The number of morpholine rings is 1. The molecule has 0 aliphatic carbocycles. The smallest absolute Gasteiger partial charge is 0.239 e. The molecule has 22 heavy (non-hydrogen) atoms. The van der Waals surface area contributed by atoms with E-state index in [2.05, 4.69) is 42.0 Å². The molecule has 1 aromatic heterocycles. The van der Waals surface area contributed by atoms with E-state index in [1.54, 1.807) is 0 Å². The van der Waals surface area contributed by atoms with Gasteiger partial charge in [-0.25, -0.2) is 4.98 Å². The Bertz CT molecular complexity index is 477. The van der Waals surface area contributed by atoms with Crippen LogP contribution in [0.3, 0.4) is 0 Å². The van der Waals surface area contributed by atoms with Gasteiger partial charge in [-0.2, -0.15) is 0 Å². The van der Waals surface area contributed by atoms with Crippen LogP contribution in [0.2, 0.25) is 0 Å². The van der Waals surface area contributed by atoms with Gasteiger partial charge in [0.2, 0.25) is 5.91 Å². The summed E-state index contributed by atoms with van der Waals surface area (Å²) >= 11 is 0. The lowest BCUT2D eigenvalue weighted by atomic mass is 9.79. The molecular weight excluding hydrogens is 278 g/mol. The molecule has 1 aliphatic rings. The van der Waals surface area contributed by atoms with Gasteiger partial charge in [0, 0.05) is 19.3 Å². The monoisotopic (exact) mass is 305 g/mol. The molecule has 1 fully saturated rings. The van der Waals surface area contributed by atoms with Crippen LogP contribution in [-0.4, -0.2) is 48.6 Å². The highest BCUT2D eigenvalue weighted by Crippen LogP contribution is 2.30. The van der Waals surface area contributed by atoms with E-state index in [0.29, 0.717) is 25.6 Å². The average Bonchev–Trinajstić information content (AvgIpc) is 2.55. The average molecular weight is 305 g/mol. The Morgan fingerprint density at radius 2 is 2.00 bits per heavy atom. The third kappa shape index (κ3) is 4.27. The van der Waals surface area contributed by atoms with Gasteiger partial charge in [-0.3, -0.25) is 9.69 Å². The molecule has 2 rings (SSSR count). The van der Waals surface area contributed by atoms with Gasteiger partial charge in [0.25, 0.3) is 0 Å². The summed E-state index contributed by atoms with van der Waals surface area (Å²) in [5.74, 6) is 0.604. The number of aromatic nitrogens is 1. The Hall–Kier alpha value is -1.46. The minimum atomic E-state index is -0.0177. The second-order valence-corrected chi connectivity index (χ2v) is 6.14. The Morgan fingerprint density at radius 1 is 1.32 bits per heavy atom. The number of ether oxygens (including phenoxy) is 1. The van der Waals surface area contributed by atoms with Gasteiger partial charge in [-0.05, 0) is 29.9 Å². The van der Waals surface area contributed by atoms with Gasteiger partial charge in [0.1, 0.15) is 5.82 Å². The number of hydrogen-bond acceptors (Lipinski definition) is 4. The molecule has 5 nitrogen and oxygen atoms in total. The van der Waals surface area contributed by atoms with Gasteiger partial charge in [0.15, 0.2) is 0 Å². The molecule has 5 heteroatoms. The Balaban J connectivity index is 1.91. The standard InChI is InChI=1S/C17H27N3O2/c1-4-17(3,5-2)14-6-7-15(18-12-14)19-16(21)13-20-8-10-22-11-9-20/h6-7,12H,4-5,8-11,13H2,1-3H3,(H,18,19,21). The van der Waals surface area contributed by atoms with Crippen molar-refractivity contribution in [3.8, 4) is 0 Å². The first-order valence-electron chi connectivity index (χ1n) is 8.14. The van der Waals surface area contributed by atoms with Crippen LogP contribution in [0, 0.1) is 0 Å². The van der Waals surface area contributed by atoms with Crippen molar-refractivity contribution in [1.82, 2.24) is 9.88 Å². The number of hydrogen-bond donors (Lipinski definition) is 1. The molecule has 1 aromatic rings. The maximum Gasteiger partial charge on any atom is 0.239 e. The van der Waals surface area contributed by atoms with Gasteiger partial charge in [-0.15, -0.1) is 0 Å². The first-order chi connectivity index (χ1) is 10.6. The molecule has 1 aliphatic heterocycles. The normalized spacial score (nSPS) is 16.5. The number of nitrogens with one attached hydrogen (secondary N) is 1. The maximum atomic E-state index is 12.0. The molecule has 0 spiro atoms. The second-order valence-electron chi connectivity index (χ2n) is 6.14. The van der Waals surface area contributed by atoms with Crippen molar-refractivity contribution in [2.24, 2.45) is 0 Å². The molecule has 0 saturated carbocycles. The van der Waals surface area contributed by atoms with Crippen molar-refractivity contribution in [3.05, 3.63) is 23.9 Å². The molecule has 1 amide bonds. The molecule has 2 heterocycles. The van der Waals surface area contributed by atoms with Crippen molar-refractivity contribution >= 4 is 11.7 Å². The minimum Gasteiger partial charge on any atom is -0.379 e. The fourth-order valence-corrected chi connectivity index (χ4v) is 2.63. The summed E-state index contributed by atoms with van der Waals surface area (Å²) in [5.41, 5.74) is 1.38. The number of amides is 1. The zero-order valence-corrected chi connectivity index (χ0v) is 13.9. The second kappa shape index (κ2) is 7.70. The summed E-state index contributed by atoms with van der Waals surface area (Å²) in [6.45, 7) is 10.1. The first kappa shape index (κ1) is 16.9. The number of pyridine rings is 1. The first-order valence-corrected chi connectivity index (χ1v) is 8.14.